The molecule has 0 aromatic carbocycles. The van der Waals surface area contributed by atoms with Crippen molar-refractivity contribution in [1.82, 2.24) is 29.5 Å². The zero-order chi connectivity index (χ0) is 24.0. The van der Waals surface area contributed by atoms with Gasteiger partial charge in [0.2, 0.25) is 17.8 Å². The number of fused-ring (bicyclic) bond motifs is 2. The predicted octanol–water partition coefficient (Wildman–Crippen LogP) is 4.94. The van der Waals surface area contributed by atoms with E-state index in [0.717, 1.165) is 0 Å². The number of nitrogens with zero attached hydrogens (tertiary/aromatic N) is 5. The van der Waals surface area contributed by atoms with E-state index in [2.05, 4.69) is 30.2 Å². The fourth-order valence-electron chi connectivity index (χ4n) is 4.40. The van der Waals surface area contributed by atoms with E-state index in [-0.39, 0.29) is 30.7 Å². The van der Waals surface area contributed by atoms with Crippen molar-refractivity contribution in [3.63, 3.8) is 0 Å². The lowest BCUT2D eigenvalue weighted by Gasteiger charge is -2.28. The van der Waals surface area contributed by atoms with Gasteiger partial charge in [0.25, 0.3) is 6.43 Å². The van der Waals surface area contributed by atoms with Gasteiger partial charge in [-0.3, -0.25) is 0 Å². The lowest BCUT2D eigenvalue weighted by molar-refractivity contribution is -0.0361. The van der Waals surface area contributed by atoms with Gasteiger partial charge in [0.05, 0.1) is 24.7 Å². The monoisotopic (exact) mass is 477 g/mol. The number of hydrogen-bond acceptors (Lipinski definition) is 6. The fourth-order valence-corrected chi connectivity index (χ4v) is 4.40. The molecule has 0 aliphatic heterocycles. The number of anilines is 1. The largest absolute Gasteiger partial charge is 0.480 e. The van der Waals surface area contributed by atoms with Crippen molar-refractivity contribution in [2.75, 3.05) is 12.4 Å². The molecule has 0 spiro atoms. The third-order valence-corrected chi connectivity index (χ3v) is 6.12. The normalized spacial score (nSPS) is 16.6. The summed E-state index contributed by atoms with van der Waals surface area (Å²) in [5.41, 5.74) is 2.52. The van der Waals surface area contributed by atoms with Crippen LogP contribution in [0.5, 0.6) is 5.88 Å². The molecule has 0 amide bonds. The van der Waals surface area contributed by atoms with Crippen molar-refractivity contribution in [2.24, 2.45) is 0 Å². The van der Waals surface area contributed by atoms with E-state index in [0.29, 0.717) is 52.1 Å². The number of halogens is 4. The van der Waals surface area contributed by atoms with Crippen molar-refractivity contribution >= 4 is 28.1 Å². The maximum absolute atomic E-state index is 13.5. The Hall–Kier alpha value is -3.44. The Balaban J connectivity index is 1.51. The predicted molar refractivity (Wildman–Crippen MR) is 119 cm³/mol. The molecule has 5 rings (SSSR count). The zero-order valence-electron chi connectivity index (χ0n) is 18.6. The van der Waals surface area contributed by atoms with Crippen LogP contribution in [0.1, 0.15) is 31.5 Å². The van der Waals surface area contributed by atoms with Crippen LogP contribution in [0.2, 0.25) is 0 Å². The van der Waals surface area contributed by atoms with E-state index in [4.69, 9.17) is 4.74 Å². The highest BCUT2D eigenvalue weighted by Gasteiger charge is 2.35. The Bertz CT molecular complexity index is 1340. The quantitative estimate of drug-likeness (QED) is 0.382. The number of hydrogen-bond donors (Lipinski definition) is 2. The fraction of sp³-hybridized carbons (Fsp3) is 0.455. The van der Waals surface area contributed by atoms with Crippen LogP contribution in [0.3, 0.4) is 0 Å². The van der Waals surface area contributed by atoms with Crippen LogP contribution in [0, 0.1) is 6.92 Å². The lowest BCUT2D eigenvalue weighted by Crippen LogP contribution is -2.32. The molecule has 4 aromatic heterocycles. The Morgan fingerprint density at radius 1 is 1.18 bits per heavy atom. The number of ether oxygens (including phenoxy) is 1. The highest BCUT2D eigenvalue weighted by Crippen LogP contribution is 2.36. The molecule has 0 atom stereocenters. The molecule has 0 unspecified atom stereocenters. The second-order valence-electron chi connectivity index (χ2n) is 8.46. The number of imidazole rings is 1. The maximum atomic E-state index is 13.5. The first kappa shape index (κ1) is 22.4. The minimum absolute atomic E-state index is 0.154. The summed E-state index contributed by atoms with van der Waals surface area (Å²) in [6.45, 7) is 1.16. The first-order valence-corrected chi connectivity index (χ1v) is 10.9. The smallest absolute Gasteiger partial charge is 0.256 e. The molecule has 180 valence electrons. The van der Waals surface area contributed by atoms with E-state index in [1.807, 2.05) is 0 Å². The molecule has 1 fully saturated rings. The van der Waals surface area contributed by atoms with Gasteiger partial charge in [-0.05, 0) is 31.9 Å². The molecule has 4 heterocycles. The first-order valence-electron chi connectivity index (χ1n) is 10.9. The van der Waals surface area contributed by atoms with Gasteiger partial charge in [-0.2, -0.15) is 9.97 Å². The summed E-state index contributed by atoms with van der Waals surface area (Å²) in [7, 11) is 1.47. The Kier molecular flexibility index (Phi) is 5.53. The van der Waals surface area contributed by atoms with Crippen LogP contribution < -0.4 is 10.1 Å². The van der Waals surface area contributed by atoms with Gasteiger partial charge in [0.15, 0.2) is 5.65 Å². The van der Waals surface area contributed by atoms with Gasteiger partial charge >= 0.3 is 0 Å². The molecule has 2 N–H and O–H groups in total. The van der Waals surface area contributed by atoms with Crippen LogP contribution in [-0.2, 0) is 6.54 Å². The number of rotatable bonds is 6. The van der Waals surface area contributed by atoms with Crippen LogP contribution in [0.4, 0.5) is 23.5 Å². The SMILES string of the molecule is COc1nc(NC2CCC(F)(F)CC2)nc2[nH]cc(-c3ccc4nc(C)n(CC(F)F)c4n3)c12. The average Bonchev–Trinajstić information content (AvgIpc) is 3.35. The zero-order valence-corrected chi connectivity index (χ0v) is 18.6. The highest BCUT2D eigenvalue weighted by molar-refractivity contribution is 5.97. The van der Waals surface area contributed by atoms with E-state index in [9.17, 15) is 17.6 Å². The standard InChI is InChI=1S/C22H23F4N7O/c1-11-28-15-4-3-14(30-19(15)33(11)10-16(23)24)13-9-27-18-17(13)20(34-2)32-21(31-18)29-12-5-7-22(25,26)8-6-12/h3-4,9,12,16H,5-8,10H2,1-2H3,(H2,27,29,31,32). The molecule has 1 aliphatic rings. The number of pyridine rings is 1. The number of nitrogens with one attached hydrogen (secondary N) is 2. The molecule has 0 saturated heterocycles. The Morgan fingerprint density at radius 3 is 2.65 bits per heavy atom. The topological polar surface area (TPSA) is 93.5 Å². The van der Waals surface area contributed by atoms with E-state index < -0.39 is 18.9 Å². The molecular weight excluding hydrogens is 454 g/mol. The van der Waals surface area contributed by atoms with E-state index >= 15 is 0 Å². The molecule has 0 radical (unpaired) electrons. The number of alkyl halides is 4. The third-order valence-electron chi connectivity index (χ3n) is 6.12. The van der Waals surface area contributed by atoms with Gasteiger partial charge in [0.1, 0.15) is 17.0 Å². The Morgan fingerprint density at radius 2 is 1.94 bits per heavy atom. The number of aryl methyl sites for hydroxylation is 1. The van der Waals surface area contributed by atoms with Gasteiger partial charge in [-0.1, -0.05) is 0 Å². The summed E-state index contributed by atoms with van der Waals surface area (Å²) in [5, 5.41) is 3.71. The van der Waals surface area contributed by atoms with Crippen LogP contribution in [0.15, 0.2) is 18.3 Å². The van der Waals surface area contributed by atoms with Crippen LogP contribution in [-0.4, -0.2) is 55.0 Å². The minimum atomic E-state index is -2.62. The maximum Gasteiger partial charge on any atom is 0.256 e. The van der Waals surface area contributed by atoms with E-state index in [1.54, 1.807) is 25.3 Å². The third kappa shape index (κ3) is 4.12. The van der Waals surface area contributed by atoms with Crippen molar-refractivity contribution in [2.45, 2.75) is 57.5 Å². The molecule has 1 saturated carbocycles. The van der Waals surface area contributed by atoms with E-state index in [1.165, 1.54) is 11.7 Å². The molecule has 34 heavy (non-hydrogen) atoms. The summed E-state index contributed by atoms with van der Waals surface area (Å²) in [5.74, 6) is -1.60. The number of methoxy groups -OCH3 is 1. The van der Waals surface area contributed by atoms with Gasteiger partial charge < -0.3 is 19.6 Å². The summed E-state index contributed by atoms with van der Waals surface area (Å²) >= 11 is 0. The minimum Gasteiger partial charge on any atom is -0.480 e. The molecule has 8 nitrogen and oxygen atoms in total. The van der Waals surface area contributed by atoms with Gasteiger partial charge in [-0.25, -0.2) is 27.5 Å². The second-order valence-corrected chi connectivity index (χ2v) is 8.46. The van der Waals surface area contributed by atoms with Crippen LogP contribution >= 0.6 is 0 Å². The molecule has 0 bridgehead atoms. The summed E-state index contributed by atoms with van der Waals surface area (Å²) < 4.78 is 60.0. The van der Waals surface area contributed by atoms with Crippen molar-refractivity contribution in [3.8, 4) is 17.1 Å². The van der Waals surface area contributed by atoms with Gasteiger partial charge in [-0.15, -0.1) is 0 Å². The molecule has 12 heteroatoms. The van der Waals surface area contributed by atoms with Crippen molar-refractivity contribution in [3.05, 3.63) is 24.2 Å². The summed E-state index contributed by atoms with van der Waals surface area (Å²) in [4.78, 5) is 20.9. The lowest BCUT2D eigenvalue weighted by atomic mass is 9.92. The van der Waals surface area contributed by atoms with Crippen molar-refractivity contribution in [1.29, 1.82) is 0 Å². The number of aromatic amines is 1. The summed E-state index contributed by atoms with van der Waals surface area (Å²) in [6, 6.07) is 3.32. The first-order chi connectivity index (χ1) is 16.2. The number of aromatic nitrogens is 6. The van der Waals surface area contributed by atoms with Gasteiger partial charge in [0, 0.05) is 30.6 Å². The number of H-pyrrole nitrogens is 1. The van der Waals surface area contributed by atoms with Crippen molar-refractivity contribution < 1.29 is 22.3 Å². The molecule has 1 aliphatic carbocycles. The second kappa shape index (κ2) is 8.41. The molecule has 4 aromatic rings. The highest BCUT2D eigenvalue weighted by atomic mass is 19.3. The van der Waals surface area contributed by atoms with Crippen LogP contribution in [0.25, 0.3) is 33.5 Å². The molecular formula is C22H23F4N7O. The Labute approximate surface area is 191 Å². The summed E-state index contributed by atoms with van der Waals surface area (Å²) in [6.07, 6.45) is -0.546. The average molecular weight is 477 g/mol.